The highest BCUT2D eigenvalue weighted by atomic mass is 35.5. The summed E-state index contributed by atoms with van der Waals surface area (Å²) in [7, 11) is 0. The quantitative estimate of drug-likeness (QED) is 0.504. The molecule has 1 aliphatic heterocycles. The van der Waals surface area contributed by atoms with E-state index in [0.29, 0.717) is 32.6 Å². The van der Waals surface area contributed by atoms with E-state index in [1.807, 2.05) is 23.1 Å². The van der Waals surface area contributed by atoms with E-state index in [1.54, 1.807) is 30.0 Å². The molecule has 1 saturated heterocycles. The Morgan fingerprint density at radius 2 is 1.43 bits per heavy atom. The molecular formula is C15H10Cl4N2S2. The van der Waals surface area contributed by atoms with Crippen LogP contribution in [0.4, 0.5) is 11.4 Å². The summed E-state index contributed by atoms with van der Waals surface area (Å²) in [5.41, 5.74) is 1.73. The molecule has 0 bridgehead atoms. The lowest BCUT2D eigenvalue weighted by atomic mass is 10.3. The zero-order chi connectivity index (χ0) is 16.6. The van der Waals surface area contributed by atoms with Crippen molar-refractivity contribution in [2.24, 2.45) is 0 Å². The number of thiocarbonyl (C=S) groups is 1. The highest BCUT2D eigenvalue weighted by molar-refractivity contribution is 8.23. The minimum Gasteiger partial charge on any atom is -0.342 e. The van der Waals surface area contributed by atoms with Crippen molar-refractivity contribution in [3.63, 3.8) is 0 Å². The predicted octanol–water partition coefficient (Wildman–Crippen LogP) is 6.56. The van der Waals surface area contributed by atoms with Crippen LogP contribution >= 0.6 is 70.4 Å². The second kappa shape index (κ2) is 7.26. The molecule has 1 heterocycles. The smallest absolute Gasteiger partial charge is 0.144 e. The highest BCUT2D eigenvalue weighted by Gasteiger charge is 2.26. The van der Waals surface area contributed by atoms with E-state index in [2.05, 4.69) is 4.90 Å². The number of halogens is 4. The van der Waals surface area contributed by atoms with E-state index in [0.717, 1.165) is 15.7 Å². The lowest BCUT2D eigenvalue weighted by Gasteiger charge is -2.38. The molecule has 0 radical (unpaired) electrons. The van der Waals surface area contributed by atoms with Crippen molar-refractivity contribution < 1.29 is 0 Å². The lowest BCUT2D eigenvalue weighted by Crippen LogP contribution is -2.45. The standard InChI is InChI=1S/C15H10Cl4N2S2/c16-9-1-3-13(11(18)5-9)20-7-21(15(22)23-8-20)14-4-2-10(17)6-12(14)19/h1-6H,7-8H2. The van der Waals surface area contributed by atoms with Gasteiger partial charge in [0, 0.05) is 10.0 Å². The topological polar surface area (TPSA) is 6.48 Å². The van der Waals surface area contributed by atoms with Gasteiger partial charge in [-0.3, -0.25) is 0 Å². The van der Waals surface area contributed by atoms with Gasteiger partial charge in [0.25, 0.3) is 0 Å². The molecule has 0 aliphatic carbocycles. The van der Waals surface area contributed by atoms with Gasteiger partial charge in [0.15, 0.2) is 0 Å². The first kappa shape index (κ1) is 17.5. The first-order valence-electron chi connectivity index (χ1n) is 6.55. The van der Waals surface area contributed by atoms with Crippen molar-refractivity contribution in [1.82, 2.24) is 0 Å². The van der Waals surface area contributed by atoms with Crippen LogP contribution in [0.2, 0.25) is 20.1 Å². The highest BCUT2D eigenvalue weighted by Crippen LogP contribution is 2.36. The summed E-state index contributed by atoms with van der Waals surface area (Å²) >= 11 is 31.6. The van der Waals surface area contributed by atoms with Crippen LogP contribution in [-0.4, -0.2) is 16.9 Å². The van der Waals surface area contributed by atoms with Crippen molar-refractivity contribution in [3.8, 4) is 0 Å². The summed E-state index contributed by atoms with van der Waals surface area (Å²) in [5, 5.41) is 2.36. The Labute approximate surface area is 164 Å². The fourth-order valence-corrected chi connectivity index (χ4v) is 4.39. The van der Waals surface area contributed by atoms with Crippen molar-refractivity contribution in [1.29, 1.82) is 0 Å². The van der Waals surface area contributed by atoms with Gasteiger partial charge in [-0.25, -0.2) is 0 Å². The Balaban J connectivity index is 1.91. The summed E-state index contributed by atoms with van der Waals surface area (Å²) in [6, 6.07) is 10.8. The van der Waals surface area contributed by atoms with E-state index in [1.165, 1.54) is 0 Å². The van der Waals surface area contributed by atoms with Gasteiger partial charge in [-0.1, -0.05) is 70.4 Å². The van der Waals surface area contributed by atoms with Crippen molar-refractivity contribution >= 4 is 86.1 Å². The van der Waals surface area contributed by atoms with Crippen LogP contribution in [0.5, 0.6) is 0 Å². The molecule has 120 valence electrons. The van der Waals surface area contributed by atoms with Gasteiger partial charge in [-0.05, 0) is 36.4 Å². The average Bonchev–Trinajstić information content (AvgIpc) is 2.49. The summed E-state index contributed by atoms with van der Waals surface area (Å²) < 4.78 is 0.760. The number of thioether (sulfide) groups is 1. The van der Waals surface area contributed by atoms with E-state index >= 15 is 0 Å². The van der Waals surface area contributed by atoms with Crippen molar-refractivity contribution in [2.45, 2.75) is 0 Å². The molecule has 0 atom stereocenters. The van der Waals surface area contributed by atoms with Crippen LogP contribution in [0.1, 0.15) is 0 Å². The number of rotatable bonds is 2. The average molecular weight is 424 g/mol. The minimum absolute atomic E-state index is 0.550. The van der Waals surface area contributed by atoms with E-state index in [-0.39, 0.29) is 0 Å². The molecule has 0 N–H and O–H groups in total. The minimum atomic E-state index is 0.550. The Hall–Kier alpha value is -0.360. The van der Waals surface area contributed by atoms with E-state index in [4.69, 9.17) is 58.6 Å². The SMILES string of the molecule is S=C1SCN(c2ccc(Cl)cc2Cl)CN1c1ccc(Cl)cc1Cl. The van der Waals surface area contributed by atoms with Gasteiger partial charge in [0.2, 0.25) is 0 Å². The van der Waals surface area contributed by atoms with Crippen LogP contribution in [-0.2, 0) is 0 Å². The molecule has 0 saturated carbocycles. The molecular weight excluding hydrogens is 414 g/mol. The summed E-state index contributed by atoms with van der Waals surface area (Å²) in [5.74, 6) is 0.710. The van der Waals surface area contributed by atoms with Crippen LogP contribution in [0, 0.1) is 0 Å². The maximum absolute atomic E-state index is 6.32. The molecule has 0 aromatic heterocycles. The summed E-state index contributed by atoms with van der Waals surface area (Å²) in [6.07, 6.45) is 0. The number of hydrogen-bond donors (Lipinski definition) is 0. The fourth-order valence-electron chi connectivity index (χ4n) is 2.24. The molecule has 23 heavy (non-hydrogen) atoms. The molecule has 3 rings (SSSR count). The molecule has 1 aliphatic rings. The second-order valence-corrected chi connectivity index (χ2v) is 8.11. The zero-order valence-corrected chi connectivity index (χ0v) is 16.3. The molecule has 2 nitrogen and oxygen atoms in total. The van der Waals surface area contributed by atoms with Gasteiger partial charge in [-0.2, -0.15) is 0 Å². The lowest BCUT2D eigenvalue weighted by molar-refractivity contribution is 0.889. The summed E-state index contributed by atoms with van der Waals surface area (Å²) in [6.45, 7) is 0.550. The van der Waals surface area contributed by atoms with Crippen LogP contribution < -0.4 is 9.80 Å². The Morgan fingerprint density at radius 3 is 2.00 bits per heavy atom. The third-order valence-electron chi connectivity index (χ3n) is 3.33. The van der Waals surface area contributed by atoms with E-state index < -0.39 is 0 Å². The first-order valence-corrected chi connectivity index (χ1v) is 9.45. The third-order valence-corrected chi connectivity index (χ3v) is 5.89. The van der Waals surface area contributed by atoms with Crippen LogP contribution in [0.15, 0.2) is 36.4 Å². The number of nitrogens with zero attached hydrogens (tertiary/aromatic N) is 2. The second-order valence-electron chi connectivity index (χ2n) is 4.84. The van der Waals surface area contributed by atoms with Crippen molar-refractivity contribution in [3.05, 3.63) is 56.5 Å². The van der Waals surface area contributed by atoms with E-state index in [9.17, 15) is 0 Å². The molecule has 8 heteroatoms. The molecule has 2 aromatic carbocycles. The Bertz CT molecular complexity index is 769. The first-order chi connectivity index (χ1) is 11.0. The fraction of sp³-hybridized carbons (Fsp3) is 0.133. The molecule has 0 unspecified atom stereocenters. The van der Waals surface area contributed by atoms with Gasteiger partial charge in [0.05, 0.1) is 34.0 Å². The Morgan fingerprint density at radius 1 is 0.870 bits per heavy atom. The normalized spacial score (nSPS) is 15.2. The Kier molecular flexibility index (Phi) is 5.51. The molecule has 0 spiro atoms. The monoisotopic (exact) mass is 422 g/mol. The maximum atomic E-state index is 6.32. The van der Waals surface area contributed by atoms with Gasteiger partial charge < -0.3 is 9.80 Å². The third kappa shape index (κ3) is 3.84. The van der Waals surface area contributed by atoms with Gasteiger partial charge in [-0.15, -0.1) is 0 Å². The summed E-state index contributed by atoms with van der Waals surface area (Å²) in [4.78, 5) is 4.08. The van der Waals surface area contributed by atoms with Gasteiger partial charge in [0.1, 0.15) is 4.32 Å². The van der Waals surface area contributed by atoms with Gasteiger partial charge >= 0.3 is 0 Å². The predicted molar refractivity (Wildman–Crippen MR) is 108 cm³/mol. The number of hydrogen-bond acceptors (Lipinski definition) is 3. The number of benzene rings is 2. The van der Waals surface area contributed by atoms with Crippen LogP contribution in [0.3, 0.4) is 0 Å². The largest absolute Gasteiger partial charge is 0.342 e. The molecule has 2 aromatic rings. The molecule has 1 fully saturated rings. The zero-order valence-electron chi connectivity index (χ0n) is 11.6. The molecule has 0 amide bonds. The maximum Gasteiger partial charge on any atom is 0.144 e. The van der Waals surface area contributed by atoms with Crippen LogP contribution in [0.25, 0.3) is 0 Å². The number of anilines is 2. The van der Waals surface area contributed by atoms with Crippen molar-refractivity contribution in [2.75, 3.05) is 22.3 Å².